The van der Waals surface area contributed by atoms with Crippen LogP contribution >= 0.6 is 0 Å². The highest BCUT2D eigenvalue weighted by molar-refractivity contribution is 5.95. The fourth-order valence-corrected chi connectivity index (χ4v) is 5.53. The van der Waals surface area contributed by atoms with Gasteiger partial charge in [-0.15, -0.1) is 0 Å². The van der Waals surface area contributed by atoms with Crippen molar-refractivity contribution in [2.75, 3.05) is 141 Å². The van der Waals surface area contributed by atoms with E-state index in [-0.39, 0.29) is 12.2 Å². The van der Waals surface area contributed by atoms with Crippen molar-refractivity contribution >= 4 is 34.6 Å². The summed E-state index contributed by atoms with van der Waals surface area (Å²) in [4.78, 5) is 29.5. The molecule has 2 aliphatic heterocycles. The molecule has 0 bridgehead atoms. The molecule has 4 heterocycles. The van der Waals surface area contributed by atoms with Crippen molar-refractivity contribution in [2.24, 2.45) is 0 Å². The maximum atomic E-state index is 5.73. The largest absolute Gasteiger partial charge is 0.383 e. The standard InChI is InChI=1S/C29H50N8O6/c1-38-17-13-35(14-18-39-2)28-31-25-24(26(32-28)34-10-7-22(42-5)8-11-34)30-29(36(15-19-40-3)16-20-41-4)33-27(25)37-12-9-23(21-37)43-6/h22-23H,7-21H2,1-6H3/t23-/m1/s1. The van der Waals surface area contributed by atoms with Gasteiger partial charge in [0.15, 0.2) is 11.6 Å². The third-order valence-corrected chi connectivity index (χ3v) is 8.16. The molecule has 242 valence electrons. The van der Waals surface area contributed by atoms with Crippen LogP contribution < -0.4 is 19.6 Å². The molecule has 4 rings (SSSR count). The van der Waals surface area contributed by atoms with E-state index in [1.807, 2.05) is 0 Å². The minimum absolute atomic E-state index is 0.125. The molecule has 2 fully saturated rings. The number of fused-ring (bicyclic) bond motifs is 1. The molecule has 0 unspecified atom stereocenters. The molecule has 14 nitrogen and oxygen atoms in total. The van der Waals surface area contributed by atoms with E-state index in [0.29, 0.717) is 64.5 Å². The lowest BCUT2D eigenvalue weighted by atomic mass is 10.1. The van der Waals surface area contributed by atoms with E-state index < -0.39 is 0 Å². The van der Waals surface area contributed by atoms with E-state index in [9.17, 15) is 0 Å². The number of ether oxygens (including phenoxy) is 6. The van der Waals surface area contributed by atoms with Crippen LogP contribution in [0.15, 0.2) is 0 Å². The Balaban J connectivity index is 1.91. The van der Waals surface area contributed by atoms with Crippen LogP contribution in [0.5, 0.6) is 0 Å². The molecule has 0 aromatic carbocycles. The molecule has 0 N–H and O–H groups in total. The molecular weight excluding hydrogens is 556 g/mol. The quantitative estimate of drug-likeness (QED) is 0.243. The Labute approximate surface area is 255 Å². The zero-order chi connectivity index (χ0) is 30.6. The van der Waals surface area contributed by atoms with Crippen molar-refractivity contribution in [3.05, 3.63) is 0 Å². The summed E-state index contributed by atoms with van der Waals surface area (Å²) < 4.78 is 33.1. The number of anilines is 4. The highest BCUT2D eigenvalue weighted by Crippen LogP contribution is 2.35. The van der Waals surface area contributed by atoms with Gasteiger partial charge in [0.1, 0.15) is 11.0 Å². The molecule has 0 saturated carbocycles. The van der Waals surface area contributed by atoms with E-state index in [2.05, 4.69) is 19.6 Å². The average molecular weight is 607 g/mol. The maximum Gasteiger partial charge on any atom is 0.228 e. The Hall–Kier alpha value is -2.62. The molecule has 0 spiro atoms. The molecule has 2 aromatic rings. The number of piperidine rings is 1. The van der Waals surface area contributed by atoms with Crippen LogP contribution in [0.3, 0.4) is 0 Å². The van der Waals surface area contributed by atoms with Crippen LogP contribution in [0.4, 0.5) is 23.5 Å². The van der Waals surface area contributed by atoms with Gasteiger partial charge in [0.2, 0.25) is 11.9 Å². The minimum atomic E-state index is 0.125. The lowest BCUT2D eigenvalue weighted by Crippen LogP contribution is -2.38. The summed E-state index contributed by atoms with van der Waals surface area (Å²) in [5.74, 6) is 2.81. The summed E-state index contributed by atoms with van der Waals surface area (Å²) in [5, 5.41) is 0. The second-order valence-corrected chi connectivity index (χ2v) is 10.9. The molecule has 2 saturated heterocycles. The van der Waals surface area contributed by atoms with E-state index in [1.54, 1.807) is 42.7 Å². The maximum absolute atomic E-state index is 5.73. The topological polar surface area (TPSA) is 120 Å². The zero-order valence-electron chi connectivity index (χ0n) is 26.8. The second kappa shape index (κ2) is 17.0. The first-order chi connectivity index (χ1) is 21.1. The van der Waals surface area contributed by atoms with Gasteiger partial charge in [-0.3, -0.25) is 0 Å². The third kappa shape index (κ3) is 8.52. The molecule has 2 aliphatic rings. The van der Waals surface area contributed by atoms with Crippen LogP contribution in [-0.4, -0.2) is 154 Å². The van der Waals surface area contributed by atoms with Crippen LogP contribution in [0, 0.1) is 0 Å². The monoisotopic (exact) mass is 606 g/mol. The average Bonchev–Trinajstić information content (AvgIpc) is 3.53. The molecule has 0 aliphatic carbocycles. The highest BCUT2D eigenvalue weighted by atomic mass is 16.5. The van der Waals surface area contributed by atoms with Gasteiger partial charge in [0, 0.05) is 95.0 Å². The first-order valence-corrected chi connectivity index (χ1v) is 15.2. The number of methoxy groups -OCH3 is 6. The predicted octanol–water partition coefficient (Wildman–Crippen LogP) is 1.46. The summed E-state index contributed by atoms with van der Waals surface area (Å²) in [6.07, 6.45) is 3.10. The summed E-state index contributed by atoms with van der Waals surface area (Å²) in [6.45, 7) is 7.81. The van der Waals surface area contributed by atoms with Crippen LogP contribution in [0.25, 0.3) is 11.0 Å². The predicted molar refractivity (Wildman–Crippen MR) is 167 cm³/mol. The molecule has 43 heavy (non-hydrogen) atoms. The molecule has 14 heteroatoms. The smallest absolute Gasteiger partial charge is 0.228 e. The van der Waals surface area contributed by atoms with Gasteiger partial charge in [-0.2, -0.15) is 9.97 Å². The molecule has 0 radical (unpaired) electrons. The van der Waals surface area contributed by atoms with Crippen LogP contribution in [0.2, 0.25) is 0 Å². The van der Waals surface area contributed by atoms with Gasteiger partial charge in [-0.25, -0.2) is 9.97 Å². The molecule has 0 amide bonds. The van der Waals surface area contributed by atoms with Gasteiger partial charge < -0.3 is 48.0 Å². The fourth-order valence-electron chi connectivity index (χ4n) is 5.53. The second-order valence-electron chi connectivity index (χ2n) is 10.9. The molecular formula is C29H50N8O6. The Kier molecular flexibility index (Phi) is 13.2. The summed E-state index contributed by atoms with van der Waals surface area (Å²) in [7, 11) is 10.4. The number of hydrogen-bond acceptors (Lipinski definition) is 14. The fraction of sp³-hybridized carbons (Fsp3) is 0.793. The first-order valence-electron chi connectivity index (χ1n) is 15.2. The van der Waals surface area contributed by atoms with Crippen LogP contribution in [-0.2, 0) is 28.4 Å². The van der Waals surface area contributed by atoms with Crippen molar-refractivity contribution in [2.45, 2.75) is 31.5 Å². The van der Waals surface area contributed by atoms with Crippen molar-refractivity contribution in [1.82, 2.24) is 19.9 Å². The number of hydrogen-bond donors (Lipinski definition) is 0. The lowest BCUT2D eigenvalue weighted by Gasteiger charge is -2.34. The van der Waals surface area contributed by atoms with Gasteiger partial charge in [-0.1, -0.05) is 0 Å². The van der Waals surface area contributed by atoms with Crippen molar-refractivity contribution < 1.29 is 28.4 Å². The number of nitrogens with zero attached hydrogens (tertiary/aromatic N) is 8. The van der Waals surface area contributed by atoms with Gasteiger partial charge in [0.25, 0.3) is 0 Å². The normalized spacial score (nSPS) is 17.8. The van der Waals surface area contributed by atoms with Crippen molar-refractivity contribution in [3.8, 4) is 0 Å². The first kappa shape index (κ1) is 33.3. The summed E-state index contributed by atoms with van der Waals surface area (Å²) in [6, 6.07) is 0. The van der Waals surface area contributed by atoms with Gasteiger partial charge in [-0.05, 0) is 19.3 Å². The Morgan fingerprint density at radius 3 is 1.35 bits per heavy atom. The third-order valence-electron chi connectivity index (χ3n) is 8.16. The van der Waals surface area contributed by atoms with Crippen LogP contribution in [0.1, 0.15) is 19.3 Å². The molecule has 2 aromatic heterocycles. The van der Waals surface area contributed by atoms with Crippen molar-refractivity contribution in [1.29, 1.82) is 0 Å². The lowest BCUT2D eigenvalue weighted by molar-refractivity contribution is 0.0818. The van der Waals surface area contributed by atoms with E-state index in [1.165, 1.54) is 0 Å². The van der Waals surface area contributed by atoms with Crippen molar-refractivity contribution in [3.63, 3.8) is 0 Å². The summed E-state index contributed by atoms with van der Waals surface area (Å²) >= 11 is 0. The Morgan fingerprint density at radius 1 is 0.558 bits per heavy atom. The SMILES string of the molecule is COCCN(CCOC)c1nc(N2CC[C@@H](OC)C2)c2nc(N(CCOC)CCOC)nc(N3CCC(OC)CC3)c2n1. The van der Waals surface area contributed by atoms with Gasteiger partial charge in [0.05, 0.1) is 38.6 Å². The van der Waals surface area contributed by atoms with E-state index in [0.717, 1.165) is 68.1 Å². The highest BCUT2D eigenvalue weighted by Gasteiger charge is 2.31. The van der Waals surface area contributed by atoms with Gasteiger partial charge >= 0.3 is 0 Å². The summed E-state index contributed by atoms with van der Waals surface area (Å²) in [5.41, 5.74) is 1.46. The van der Waals surface area contributed by atoms with E-state index in [4.69, 9.17) is 48.4 Å². The minimum Gasteiger partial charge on any atom is -0.383 e. The zero-order valence-corrected chi connectivity index (χ0v) is 26.8. The Bertz CT molecular complexity index is 1110. The Morgan fingerprint density at radius 2 is 0.953 bits per heavy atom. The number of aromatic nitrogens is 4. The molecule has 1 atom stereocenters. The van der Waals surface area contributed by atoms with E-state index >= 15 is 0 Å². The number of rotatable bonds is 18.